The second kappa shape index (κ2) is 11.1. The maximum atomic E-state index is 13.0. The molecule has 0 saturated carbocycles. The van der Waals surface area contributed by atoms with Crippen molar-refractivity contribution in [3.63, 3.8) is 0 Å². The zero-order chi connectivity index (χ0) is 27.7. The van der Waals surface area contributed by atoms with Crippen LogP contribution in [0.15, 0.2) is 42.5 Å². The minimum atomic E-state index is -4.74. The van der Waals surface area contributed by atoms with Crippen molar-refractivity contribution in [2.45, 2.75) is 44.1 Å². The molecule has 0 aliphatic carbocycles. The number of carbonyl (C=O) groups excluding carboxylic acids is 3. The molecular weight excluding hydrogens is 537 g/mol. The largest absolute Gasteiger partial charge is 0.489 e. The van der Waals surface area contributed by atoms with E-state index >= 15 is 0 Å². The summed E-state index contributed by atoms with van der Waals surface area (Å²) in [5, 5.41) is 2.29. The van der Waals surface area contributed by atoms with Gasteiger partial charge in [-0.2, -0.15) is 13.2 Å². The molecule has 2 unspecified atom stereocenters. The van der Waals surface area contributed by atoms with Crippen LogP contribution >= 0.6 is 0 Å². The first-order valence-corrected chi connectivity index (χ1v) is 13.6. The summed E-state index contributed by atoms with van der Waals surface area (Å²) in [7, 11) is -2.99. The summed E-state index contributed by atoms with van der Waals surface area (Å²) >= 11 is 0. The van der Waals surface area contributed by atoms with Crippen LogP contribution in [0, 0.1) is 0 Å². The fraction of sp³-hybridized carbons (Fsp3) is 0.423. The minimum Gasteiger partial charge on any atom is -0.489 e. The molecule has 3 aliphatic heterocycles. The Morgan fingerprint density at radius 1 is 1.00 bits per heavy atom. The molecule has 0 aromatic heterocycles. The molecule has 1 N–H and O–H groups in total. The number of nitrogens with zero attached hydrogens (tertiary/aromatic N) is 3. The van der Waals surface area contributed by atoms with Crippen molar-refractivity contribution in [1.29, 1.82) is 0 Å². The van der Waals surface area contributed by atoms with Crippen LogP contribution in [0.1, 0.15) is 39.9 Å². The normalized spacial score (nSPS) is 21.6. The second-order valence-electron chi connectivity index (χ2n) is 9.69. The fourth-order valence-electron chi connectivity index (χ4n) is 5.13. The molecule has 3 heterocycles. The third-order valence-corrected chi connectivity index (χ3v) is 8.32. The quantitative estimate of drug-likeness (QED) is 0.519. The van der Waals surface area contributed by atoms with Crippen molar-refractivity contribution >= 4 is 28.7 Å². The molecule has 0 radical (unpaired) electrons. The molecule has 3 aliphatic rings. The predicted molar refractivity (Wildman–Crippen MR) is 134 cm³/mol. The number of fused-ring (bicyclic) bond motifs is 1. The van der Waals surface area contributed by atoms with Gasteiger partial charge >= 0.3 is 5.51 Å². The molecule has 2 fully saturated rings. The molecule has 0 spiro atoms. The fourth-order valence-corrected chi connectivity index (χ4v) is 5.92. The Bertz CT molecular complexity index is 1310. The highest BCUT2D eigenvalue weighted by Gasteiger charge is 2.42. The van der Waals surface area contributed by atoms with Crippen LogP contribution in [0.25, 0.3) is 0 Å². The number of piperidine rings is 1. The maximum absolute atomic E-state index is 13.0. The topological polar surface area (TPSA) is 99.3 Å². The van der Waals surface area contributed by atoms with Gasteiger partial charge in [0.2, 0.25) is 22.8 Å². The first kappa shape index (κ1) is 27.3. The number of piperazine rings is 1. The van der Waals surface area contributed by atoms with E-state index in [4.69, 9.17) is 4.74 Å². The van der Waals surface area contributed by atoms with Gasteiger partial charge in [0, 0.05) is 50.3 Å². The molecule has 2 saturated heterocycles. The number of rotatable bonds is 7. The average molecular weight is 565 g/mol. The highest BCUT2D eigenvalue weighted by atomic mass is 32.2. The van der Waals surface area contributed by atoms with Gasteiger partial charge < -0.3 is 9.64 Å². The van der Waals surface area contributed by atoms with Crippen molar-refractivity contribution in [2.24, 2.45) is 0 Å². The van der Waals surface area contributed by atoms with Crippen molar-refractivity contribution in [1.82, 2.24) is 19.4 Å². The Morgan fingerprint density at radius 3 is 2.44 bits per heavy atom. The van der Waals surface area contributed by atoms with E-state index in [1.165, 1.54) is 4.90 Å². The number of halogens is 3. The lowest BCUT2D eigenvalue weighted by atomic mass is 10.0. The van der Waals surface area contributed by atoms with E-state index in [1.54, 1.807) is 18.2 Å². The van der Waals surface area contributed by atoms with Crippen molar-refractivity contribution in [2.75, 3.05) is 26.2 Å². The number of amides is 3. The number of hydrogen-bond acceptors (Lipinski definition) is 6. The van der Waals surface area contributed by atoms with Gasteiger partial charge in [-0.25, -0.2) is 8.51 Å². The van der Waals surface area contributed by atoms with Crippen LogP contribution in [0.5, 0.6) is 5.75 Å². The van der Waals surface area contributed by atoms with E-state index in [1.807, 2.05) is 29.2 Å². The SMILES string of the molecule is O=C1CCC(N2Cc3c(OCc4cccc(CN5CCN(S(=O)C(F)(F)F)CC5)c4)cccc3C2=O)C(=O)N1. The van der Waals surface area contributed by atoms with Crippen molar-refractivity contribution in [3.8, 4) is 5.75 Å². The standard InChI is InChI=1S/C26H27F3N4O5S/c27-26(28,29)39(37)32-11-9-31(10-12-32)14-17-3-1-4-18(13-17)16-38-22-6-2-5-19-20(22)15-33(25(19)36)21-7-8-23(34)30-24(21)35/h1-6,13,21H,7-12,14-16H2,(H,30,34,35). The summed E-state index contributed by atoms with van der Waals surface area (Å²) in [5.41, 5.74) is -1.73. The van der Waals surface area contributed by atoms with Crippen molar-refractivity contribution in [3.05, 3.63) is 64.7 Å². The van der Waals surface area contributed by atoms with Gasteiger partial charge in [0.15, 0.2) is 0 Å². The Labute approximate surface area is 225 Å². The van der Waals surface area contributed by atoms with Gasteiger partial charge in [-0.1, -0.05) is 30.3 Å². The van der Waals surface area contributed by atoms with Gasteiger partial charge in [0.05, 0.1) is 6.54 Å². The average Bonchev–Trinajstić information content (AvgIpc) is 3.24. The number of hydrogen-bond donors (Lipinski definition) is 1. The molecule has 39 heavy (non-hydrogen) atoms. The number of benzene rings is 2. The summed E-state index contributed by atoms with van der Waals surface area (Å²) in [6.07, 6.45) is 0.460. The zero-order valence-corrected chi connectivity index (χ0v) is 21.7. The number of carbonyl (C=O) groups is 3. The third kappa shape index (κ3) is 5.99. The minimum absolute atomic E-state index is 0.0720. The van der Waals surface area contributed by atoms with Crippen LogP contribution in [0.4, 0.5) is 13.2 Å². The van der Waals surface area contributed by atoms with E-state index < -0.39 is 28.4 Å². The number of nitrogens with one attached hydrogen (secondary N) is 1. The highest BCUT2D eigenvalue weighted by molar-refractivity contribution is 7.83. The summed E-state index contributed by atoms with van der Waals surface area (Å²) in [5.74, 6) is -0.547. The van der Waals surface area contributed by atoms with E-state index in [2.05, 4.69) is 5.32 Å². The number of ether oxygens (including phenoxy) is 1. The molecule has 2 aromatic carbocycles. The lowest BCUT2D eigenvalue weighted by Crippen LogP contribution is -2.52. The molecule has 208 valence electrons. The monoisotopic (exact) mass is 564 g/mol. The summed E-state index contributed by atoms with van der Waals surface area (Å²) in [6.45, 7) is 1.87. The smallest absolute Gasteiger partial charge is 0.485 e. The summed E-state index contributed by atoms with van der Waals surface area (Å²) in [6, 6.07) is 12.2. The Hall–Kier alpha value is -3.29. The first-order valence-electron chi connectivity index (χ1n) is 12.5. The highest BCUT2D eigenvalue weighted by Crippen LogP contribution is 2.34. The molecule has 9 nitrogen and oxygen atoms in total. The van der Waals surface area contributed by atoms with Gasteiger partial charge in [-0.15, -0.1) is 0 Å². The lowest BCUT2D eigenvalue weighted by molar-refractivity contribution is -0.136. The Kier molecular flexibility index (Phi) is 7.74. The molecule has 2 atom stereocenters. The lowest BCUT2D eigenvalue weighted by Gasteiger charge is -2.33. The Balaban J connectivity index is 1.19. The predicted octanol–water partition coefficient (Wildman–Crippen LogP) is 2.33. The Morgan fingerprint density at radius 2 is 1.72 bits per heavy atom. The molecule has 3 amide bonds. The van der Waals surface area contributed by atoms with Crippen LogP contribution in [-0.2, 0) is 40.3 Å². The molecule has 0 bridgehead atoms. The van der Waals surface area contributed by atoms with Gasteiger partial charge in [0.1, 0.15) is 18.4 Å². The number of alkyl halides is 3. The summed E-state index contributed by atoms with van der Waals surface area (Å²) < 4.78 is 56.8. The van der Waals surface area contributed by atoms with Crippen LogP contribution in [-0.4, -0.2) is 73.8 Å². The van der Waals surface area contributed by atoms with Crippen LogP contribution in [0.3, 0.4) is 0 Å². The molecule has 2 aromatic rings. The molecule has 13 heteroatoms. The summed E-state index contributed by atoms with van der Waals surface area (Å²) in [4.78, 5) is 40.3. The van der Waals surface area contributed by atoms with E-state index in [0.717, 1.165) is 15.4 Å². The molecular formula is C26H27F3N4O5S. The first-order chi connectivity index (χ1) is 18.6. The molecule has 5 rings (SSSR count). The van der Waals surface area contributed by atoms with Crippen molar-refractivity contribution < 1.29 is 36.5 Å². The van der Waals surface area contributed by atoms with Crippen LogP contribution < -0.4 is 10.1 Å². The zero-order valence-electron chi connectivity index (χ0n) is 20.9. The second-order valence-corrected chi connectivity index (χ2v) is 11.2. The van der Waals surface area contributed by atoms with Gasteiger partial charge in [-0.3, -0.25) is 24.6 Å². The third-order valence-electron chi connectivity index (χ3n) is 7.09. The van der Waals surface area contributed by atoms with E-state index in [9.17, 15) is 31.8 Å². The number of imide groups is 1. The van der Waals surface area contributed by atoms with E-state index in [-0.39, 0.29) is 50.9 Å². The van der Waals surface area contributed by atoms with Gasteiger partial charge in [0.25, 0.3) is 5.91 Å². The van der Waals surface area contributed by atoms with Gasteiger partial charge in [-0.05, 0) is 29.7 Å². The maximum Gasteiger partial charge on any atom is 0.485 e. The van der Waals surface area contributed by atoms with E-state index in [0.29, 0.717) is 36.5 Å². The van der Waals surface area contributed by atoms with Crippen LogP contribution in [0.2, 0.25) is 0 Å².